The van der Waals surface area contributed by atoms with E-state index in [0.29, 0.717) is 12.0 Å². The normalized spacial score (nSPS) is 15.4. The Morgan fingerprint density at radius 1 is 1.37 bits per heavy atom. The largest absolute Gasteiger partial charge is 0.370 e. The van der Waals surface area contributed by atoms with E-state index >= 15 is 0 Å². The first kappa shape index (κ1) is 14.1. The standard InChI is InChI=1S/C15H26N4/c1-5-9-16-13-10-14(18-15(17-13)11(2)3)19(4)12-7-6-8-12/h10-12H,5-9H2,1-4H3,(H,16,17,18). The highest BCUT2D eigenvalue weighted by Gasteiger charge is 2.24. The highest BCUT2D eigenvalue weighted by Crippen LogP contribution is 2.28. The number of nitrogens with one attached hydrogen (secondary N) is 1. The van der Waals surface area contributed by atoms with Crippen molar-refractivity contribution in [2.24, 2.45) is 0 Å². The van der Waals surface area contributed by atoms with Crippen LogP contribution in [0.25, 0.3) is 0 Å². The molecule has 1 aromatic heterocycles. The molecule has 0 aromatic carbocycles. The van der Waals surface area contributed by atoms with Gasteiger partial charge in [-0.25, -0.2) is 9.97 Å². The van der Waals surface area contributed by atoms with Crippen molar-refractivity contribution < 1.29 is 0 Å². The first-order chi connectivity index (χ1) is 9.11. The third kappa shape index (κ3) is 3.37. The molecule has 0 saturated heterocycles. The van der Waals surface area contributed by atoms with Gasteiger partial charge in [0.15, 0.2) is 0 Å². The molecule has 0 atom stereocenters. The SMILES string of the molecule is CCCNc1cc(N(C)C2CCC2)nc(C(C)C)n1. The predicted octanol–water partition coefficient (Wildman–Crippen LogP) is 3.41. The van der Waals surface area contributed by atoms with Gasteiger partial charge in [0.05, 0.1) is 0 Å². The molecule has 106 valence electrons. The van der Waals surface area contributed by atoms with Crippen LogP contribution < -0.4 is 10.2 Å². The second kappa shape index (κ2) is 6.22. The molecule has 0 unspecified atom stereocenters. The molecular formula is C15H26N4. The van der Waals surface area contributed by atoms with Crippen molar-refractivity contribution >= 4 is 11.6 Å². The number of nitrogens with zero attached hydrogens (tertiary/aromatic N) is 3. The lowest BCUT2D eigenvalue weighted by molar-refractivity contribution is 0.399. The van der Waals surface area contributed by atoms with Gasteiger partial charge in [-0.05, 0) is 25.7 Å². The Bertz CT molecular complexity index is 413. The van der Waals surface area contributed by atoms with E-state index in [4.69, 9.17) is 4.98 Å². The molecule has 4 nitrogen and oxygen atoms in total. The smallest absolute Gasteiger partial charge is 0.135 e. The Balaban J connectivity index is 2.22. The Kier molecular flexibility index (Phi) is 4.61. The van der Waals surface area contributed by atoms with Crippen LogP contribution >= 0.6 is 0 Å². The average molecular weight is 262 g/mol. The fourth-order valence-electron chi connectivity index (χ4n) is 2.20. The quantitative estimate of drug-likeness (QED) is 0.853. The van der Waals surface area contributed by atoms with Gasteiger partial charge < -0.3 is 10.2 Å². The van der Waals surface area contributed by atoms with E-state index in [-0.39, 0.29) is 0 Å². The third-order valence-electron chi connectivity index (χ3n) is 3.79. The van der Waals surface area contributed by atoms with Gasteiger partial charge in [-0.15, -0.1) is 0 Å². The van der Waals surface area contributed by atoms with Gasteiger partial charge in [-0.2, -0.15) is 0 Å². The molecule has 1 heterocycles. The van der Waals surface area contributed by atoms with Crippen molar-refractivity contribution in [2.75, 3.05) is 23.8 Å². The molecule has 1 aliphatic carbocycles. The maximum Gasteiger partial charge on any atom is 0.135 e. The molecule has 1 aromatic rings. The van der Waals surface area contributed by atoms with Gasteiger partial charge >= 0.3 is 0 Å². The van der Waals surface area contributed by atoms with Crippen molar-refractivity contribution in [3.63, 3.8) is 0 Å². The summed E-state index contributed by atoms with van der Waals surface area (Å²) in [6.07, 6.45) is 5.03. The summed E-state index contributed by atoms with van der Waals surface area (Å²) in [5.74, 6) is 3.31. The Morgan fingerprint density at radius 3 is 2.63 bits per heavy atom. The summed E-state index contributed by atoms with van der Waals surface area (Å²) in [5.41, 5.74) is 0. The van der Waals surface area contributed by atoms with Crippen molar-refractivity contribution in [2.45, 2.75) is 58.4 Å². The maximum atomic E-state index is 4.72. The van der Waals surface area contributed by atoms with Crippen molar-refractivity contribution in [3.8, 4) is 0 Å². The number of hydrogen-bond acceptors (Lipinski definition) is 4. The number of aromatic nitrogens is 2. The van der Waals surface area contributed by atoms with E-state index in [1.165, 1.54) is 19.3 Å². The van der Waals surface area contributed by atoms with Gasteiger partial charge in [0.1, 0.15) is 17.5 Å². The van der Waals surface area contributed by atoms with Gasteiger partial charge in [0.2, 0.25) is 0 Å². The number of rotatable bonds is 6. The molecule has 1 fully saturated rings. The van der Waals surface area contributed by atoms with E-state index in [1.807, 2.05) is 0 Å². The summed E-state index contributed by atoms with van der Waals surface area (Å²) < 4.78 is 0. The monoisotopic (exact) mass is 262 g/mol. The zero-order valence-corrected chi connectivity index (χ0v) is 12.6. The molecule has 0 spiro atoms. The predicted molar refractivity (Wildman–Crippen MR) is 80.9 cm³/mol. The first-order valence-corrected chi connectivity index (χ1v) is 7.47. The summed E-state index contributed by atoms with van der Waals surface area (Å²) in [6, 6.07) is 2.74. The third-order valence-corrected chi connectivity index (χ3v) is 3.79. The lowest BCUT2D eigenvalue weighted by Crippen LogP contribution is -2.37. The molecule has 0 radical (unpaired) electrons. The van der Waals surface area contributed by atoms with E-state index in [0.717, 1.165) is 30.4 Å². The van der Waals surface area contributed by atoms with E-state index in [1.54, 1.807) is 0 Å². The topological polar surface area (TPSA) is 41.0 Å². The summed E-state index contributed by atoms with van der Waals surface area (Å²) >= 11 is 0. The molecule has 19 heavy (non-hydrogen) atoms. The molecular weight excluding hydrogens is 236 g/mol. The molecule has 1 saturated carbocycles. The van der Waals surface area contributed by atoms with Gasteiger partial charge in [-0.1, -0.05) is 20.8 Å². The van der Waals surface area contributed by atoms with Crippen LogP contribution in [-0.4, -0.2) is 29.6 Å². The van der Waals surface area contributed by atoms with Gasteiger partial charge in [0.25, 0.3) is 0 Å². The minimum atomic E-state index is 0.358. The van der Waals surface area contributed by atoms with E-state index in [9.17, 15) is 0 Å². The van der Waals surface area contributed by atoms with Crippen LogP contribution in [0.2, 0.25) is 0 Å². The van der Waals surface area contributed by atoms with Crippen LogP contribution in [0.1, 0.15) is 58.2 Å². The van der Waals surface area contributed by atoms with Crippen LogP contribution in [0, 0.1) is 0 Å². The van der Waals surface area contributed by atoms with Crippen LogP contribution in [0.4, 0.5) is 11.6 Å². The second-order valence-electron chi connectivity index (χ2n) is 5.75. The maximum absolute atomic E-state index is 4.72. The number of hydrogen-bond donors (Lipinski definition) is 1. The van der Waals surface area contributed by atoms with Crippen molar-refractivity contribution in [3.05, 3.63) is 11.9 Å². The fourth-order valence-corrected chi connectivity index (χ4v) is 2.20. The van der Waals surface area contributed by atoms with Crippen LogP contribution in [0.5, 0.6) is 0 Å². The van der Waals surface area contributed by atoms with Gasteiger partial charge in [0, 0.05) is 31.6 Å². The zero-order chi connectivity index (χ0) is 13.8. The van der Waals surface area contributed by atoms with Crippen LogP contribution in [0.15, 0.2) is 6.07 Å². The Morgan fingerprint density at radius 2 is 2.11 bits per heavy atom. The molecule has 1 N–H and O–H groups in total. The zero-order valence-electron chi connectivity index (χ0n) is 12.6. The van der Waals surface area contributed by atoms with Crippen LogP contribution in [-0.2, 0) is 0 Å². The Hall–Kier alpha value is -1.32. The fraction of sp³-hybridized carbons (Fsp3) is 0.733. The first-order valence-electron chi connectivity index (χ1n) is 7.47. The van der Waals surface area contributed by atoms with Crippen molar-refractivity contribution in [1.29, 1.82) is 0 Å². The minimum absolute atomic E-state index is 0.358. The summed E-state index contributed by atoms with van der Waals surface area (Å²) in [5, 5.41) is 3.38. The number of anilines is 2. The van der Waals surface area contributed by atoms with Crippen LogP contribution in [0.3, 0.4) is 0 Å². The molecule has 0 amide bonds. The van der Waals surface area contributed by atoms with Gasteiger partial charge in [-0.3, -0.25) is 0 Å². The summed E-state index contributed by atoms with van der Waals surface area (Å²) in [6.45, 7) is 7.41. The van der Waals surface area contributed by atoms with Crippen molar-refractivity contribution in [1.82, 2.24) is 9.97 Å². The molecule has 2 rings (SSSR count). The minimum Gasteiger partial charge on any atom is -0.370 e. The van der Waals surface area contributed by atoms with E-state index in [2.05, 4.69) is 49.1 Å². The molecule has 0 aliphatic heterocycles. The summed E-state index contributed by atoms with van der Waals surface area (Å²) in [4.78, 5) is 11.6. The summed E-state index contributed by atoms with van der Waals surface area (Å²) in [7, 11) is 2.15. The lowest BCUT2D eigenvalue weighted by atomic mass is 9.92. The average Bonchev–Trinajstić information content (AvgIpc) is 2.33. The molecule has 0 bridgehead atoms. The van der Waals surface area contributed by atoms with E-state index < -0.39 is 0 Å². The highest BCUT2D eigenvalue weighted by molar-refractivity contribution is 5.50. The Labute approximate surface area is 116 Å². The molecule has 4 heteroatoms. The second-order valence-corrected chi connectivity index (χ2v) is 5.75. The lowest BCUT2D eigenvalue weighted by Gasteiger charge is -2.35. The highest BCUT2D eigenvalue weighted by atomic mass is 15.2. The molecule has 1 aliphatic rings.